The molecular weight excluding hydrogens is 328 g/mol. The summed E-state index contributed by atoms with van der Waals surface area (Å²) in [5.74, 6) is -0.638. The molecule has 1 aromatic rings. The van der Waals surface area contributed by atoms with Crippen LogP contribution in [-0.2, 0) is 14.4 Å². The van der Waals surface area contributed by atoms with Gasteiger partial charge >= 0.3 is 0 Å². The minimum Gasteiger partial charge on any atom is -0.324 e. The van der Waals surface area contributed by atoms with Gasteiger partial charge in [-0.3, -0.25) is 19.3 Å². The third-order valence-electron chi connectivity index (χ3n) is 5.85. The van der Waals surface area contributed by atoms with Crippen LogP contribution in [0.3, 0.4) is 0 Å². The SMILES string of the molecule is CC(C)C[C@H](C(=O)Nc1ccccc1)N1C(=O)[C@@H]2[C@H](C1=O)[C@@H]1C=C[C@H]2C1. The van der Waals surface area contributed by atoms with E-state index in [1.165, 1.54) is 4.90 Å². The minimum atomic E-state index is -0.750. The van der Waals surface area contributed by atoms with E-state index in [1.54, 1.807) is 12.1 Å². The maximum absolute atomic E-state index is 13.1. The molecule has 136 valence electrons. The highest BCUT2D eigenvalue weighted by Crippen LogP contribution is 2.53. The van der Waals surface area contributed by atoms with Gasteiger partial charge < -0.3 is 5.32 Å². The normalized spacial score (nSPS) is 30.2. The Balaban J connectivity index is 1.60. The highest BCUT2D eigenvalue weighted by atomic mass is 16.2. The Bertz CT molecular complexity index is 741. The van der Waals surface area contributed by atoms with Crippen molar-refractivity contribution in [3.63, 3.8) is 0 Å². The molecule has 3 aliphatic rings. The fraction of sp³-hybridized carbons (Fsp3) is 0.476. The quantitative estimate of drug-likeness (QED) is 0.654. The zero-order valence-corrected chi connectivity index (χ0v) is 15.1. The molecule has 0 spiro atoms. The molecule has 0 radical (unpaired) electrons. The van der Waals surface area contributed by atoms with Crippen molar-refractivity contribution in [2.75, 3.05) is 5.32 Å². The van der Waals surface area contributed by atoms with Gasteiger partial charge in [0.2, 0.25) is 17.7 Å². The van der Waals surface area contributed by atoms with Gasteiger partial charge in [-0.25, -0.2) is 0 Å². The standard InChI is InChI=1S/C21H24N2O3/c1-12(2)10-16(19(24)22-15-6-4-3-5-7-15)23-20(25)17-13-8-9-14(11-13)18(17)21(23)26/h3-9,12-14,16-18H,10-11H2,1-2H3,(H,22,24)/t13-,14+,16-,17-,18+/m1/s1. The molecule has 5 nitrogen and oxygen atoms in total. The van der Waals surface area contributed by atoms with Crippen LogP contribution < -0.4 is 5.32 Å². The number of allylic oxidation sites excluding steroid dienone is 2. The zero-order valence-electron chi connectivity index (χ0n) is 15.1. The summed E-state index contributed by atoms with van der Waals surface area (Å²) in [6.07, 6.45) is 5.51. The molecule has 1 heterocycles. The highest BCUT2D eigenvalue weighted by molar-refractivity contribution is 6.10. The highest BCUT2D eigenvalue weighted by Gasteiger charge is 2.61. The number of para-hydroxylation sites is 1. The second-order valence-electron chi connectivity index (χ2n) is 8.05. The first-order valence-electron chi connectivity index (χ1n) is 9.38. The Hall–Kier alpha value is -2.43. The van der Waals surface area contributed by atoms with E-state index in [2.05, 4.69) is 17.5 Å². The fourth-order valence-electron chi connectivity index (χ4n) is 4.76. The van der Waals surface area contributed by atoms with Crippen LogP contribution in [0, 0.1) is 29.6 Å². The van der Waals surface area contributed by atoms with Crippen LogP contribution in [-0.4, -0.2) is 28.7 Å². The zero-order chi connectivity index (χ0) is 18.4. The number of carbonyl (C=O) groups excluding carboxylic acids is 3. The first kappa shape index (κ1) is 17.0. The number of likely N-dealkylation sites (tertiary alicyclic amines) is 1. The molecule has 1 aromatic carbocycles. The first-order valence-corrected chi connectivity index (χ1v) is 9.38. The molecule has 4 rings (SSSR count). The summed E-state index contributed by atoms with van der Waals surface area (Å²) in [5.41, 5.74) is 0.673. The van der Waals surface area contributed by atoms with Gasteiger partial charge in [0.15, 0.2) is 0 Å². The molecule has 1 saturated carbocycles. The van der Waals surface area contributed by atoms with Gasteiger partial charge in [0, 0.05) is 5.69 Å². The second-order valence-corrected chi connectivity index (χ2v) is 8.05. The van der Waals surface area contributed by atoms with Crippen LogP contribution >= 0.6 is 0 Å². The van der Waals surface area contributed by atoms with Gasteiger partial charge in [-0.05, 0) is 42.7 Å². The lowest BCUT2D eigenvalue weighted by atomic mass is 9.85. The summed E-state index contributed by atoms with van der Waals surface area (Å²) in [6, 6.07) is 8.41. The molecule has 0 unspecified atom stereocenters. The molecule has 1 N–H and O–H groups in total. The molecule has 2 fully saturated rings. The summed E-state index contributed by atoms with van der Waals surface area (Å²) in [5, 5.41) is 2.87. The second kappa shape index (κ2) is 6.38. The monoisotopic (exact) mass is 352 g/mol. The van der Waals surface area contributed by atoms with E-state index in [-0.39, 0.29) is 47.3 Å². The van der Waals surface area contributed by atoms with Crippen LogP contribution in [0.25, 0.3) is 0 Å². The van der Waals surface area contributed by atoms with Crippen molar-refractivity contribution in [3.05, 3.63) is 42.5 Å². The maximum atomic E-state index is 13.1. The lowest BCUT2D eigenvalue weighted by molar-refractivity contribution is -0.147. The Morgan fingerprint density at radius 3 is 2.19 bits per heavy atom. The van der Waals surface area contributed by atoms with Crippen LogP contribution in [0.2, 0.25) is 0 Å². The van der Waals surface area contributed by atoms with E-state index in [1.807, 2.05) is 32.0 Å². The summed E-state index contributed by atoms with van der Waals surface area (Å²) in [7, 11) is 0. The molecule has 5 atom stereocenters. The lowest BCUT2D eigenvalue weighted by Crippen LogP contribution is -2.49. The van der Waals surface area contributed by atoms with Crippen LogP contribution in [0.1, 0.15) is 26.7 Å². The number of rotatable bonds is 5. The van der Waals surface area contributed by atoms with Crippen LogP contribution in [0.15, 0.2) is 42.5 Å². The van der Waals surface area contributed by atoms with E-state index in [9.17, 15) is 14.4 Å². The van der Waals surface area contributed by atoms with Gasteiger partial charge in [0.05, 0.1) is 11.8 Å². The van der Waals surface area contributed by atoms with Crippen molar-refractivity contribution in [2.45, 2.75) is 32.7 Å². The Kier molecular flexibility index (Phi) is 4.17. The van der Waals surface area contributed by atoms with Crippen LogP contribution in [0.5, 0.6) is 0 Å². The largest absolute Gasteiger partial charge is 0.324 e. The van der Waals surface area contributed by atoms with Crippen molar-refractivity contribution >= 4 is 23.4 Å². The average Bonchev–Trinajstić information content (AvgIpc) is 3.28. The molecule has 26 heavy (non-hydrogen) atoms. The maximum Gasteiger partial charge on any atom is 0.247 e. The van der Waals surface area contributed by atoms with Crippen molar-refractivity contribution in [1.82, 2.24) is 4.90 Å². The lowest BCUT2D eigenvalue weighted by Gasteiger charge is -2.28. The Morgan fingerprint density at radius 1 is 1.08 bits per heavy atom. The number of amides is 3. The molecule has 2 aliphatic carbocycles. The third kappa shape index (κ3) is 2.66. The summed E-state index contributed by atoms with van der Waals surface area (Å²) < 4.78 is 0. The number of anilines is 1. The average molecular weight is 352 g/mol. The Labute approximate surface area is 153 Å². The van der Waals surface area contributed by atoms with Crippen molar-refractivity contribution in [3.8, 4) is 0 Å². The molecule has 1 aliphatic heterocycles. The number of imide groups is 1. The van der Waals surface area contributed by atoms with Gasteiger partial charge in [-0.2, -0.15) is 0 Å². The number of fused-ring (bicyclic) bond motifs is 5. The molecule has 3 amide bonds. The van der Waals surface area contributed by atoms with Crippen molar-refractivity contribution < 1.29 is 14.4 Å². The van der Waals surface area contributed by atoms with Gasteiger partial charge in [-0.1, -0.05) is 44.2 Å². The number of carbonyl (C=O) groups is 3. The molecule has 0 aromatic heterocycles. The van der Waals surface area contributed by atoms with Gasteiger partial charge in [-0.15, -0.1) is 0 Å². The molecular formula is C21H24N2O3. The summed E-state index contributed by atoms with van der Waals surface area (Å²) >= 11 is 0. The smallest absolute Gasteiger partial charge is 0.247 e. The summed E-state index contributed by atoms with van der Waals surface area (Å²) in [4.78, 5) is 40.3. The number of benzene rings is 1. The topological polar surface area (TPSA) is 66.5 Å². The minimum absolute atomic E-state index is 0.156. The molecule has 2 bridgehead atoms. The molecule has 5 heteroatoms. The van der Waals surface area contributed by atoms with Crippen molar-refractivity contribution in [2.24, 2.45) is 29.6 Å². The van der Waals surface area contributed by atoms with E-state index in [0.29, 0.717) is 12.1 Å². The predicted molar refractivity (Wildman–Crippen MR) is 97.9 cm³/mol. The van der Waals surface area contributed by atoms with E-state index in [4.69, 9.17) is 0 Å². The van der Waals surface area contributed by atoms with Crippen molar-refractivity contribution in [1.29, 1.82) is 0 Å². The van der Waals surface area contributed by atoms with Gasteiger partial charge in [0.1, 0.15) is 6.04 Å². The van der Waals surface area contributed by atoms with Gasteiger partial charge in [0.25, 0.3) is 0 Å². The van der Waals surface area contributed by atoms with Crippen LogP contribution in [0.4, 0.5) is 5.69 Å². The number of hydrogen-bond donors (Lipinski definition) is 1. The van der Waals surface area contributed by atoms with E-state index < -0.39 is 6.04 Å². The molecule has 1 saturated heterocycles. The van der Waals surface area contributed by atoms with E-state index in [0.717, 1.165) is 6.42 Å². The fourth-order valence-corrected chi connectivity index (χ4v) is 4.76. The van der Waals surface area contributed by atoms with E-state index >= 15 is 0 Å². The number of nitrogens with zero attached hydrogens (tertiary/aromatic N) is 1. The predicted octanol–water partition coefficient (Wildman–Crippen LogP) is 2.85. The number of hydrogen-bond acceptors (Lipinski definition) is 3. The Morgan fingerprint density at radius 2 is 1.65 bits per heavy atom. The summed E-state index contributed by atoms with van der Waals surface area (Å²) in [6.45, 7) is 4.00. The third-order valence-corrected chi connectivity index (χ3v) is 5.85. The first-order chi connectivity index (χ1) is 12.5. The number of nitrogens with one attached hydrogen (secondary N) is 1.